The van der Waals surface area contributed by atoms with E-state index in [4.69, 9.17) is 7.85 Å². The largest absolute Gasteiger partial charge is 0.259 e. The molecular weight excluding hydrogens is 145 g/mol. The first kappa shape index (κ1) is 9.05. The molecule has 1 rings (SSSR count). The third-order valence-electron chi connectivity index (χ3n) is 1.76. The van der Waals surface area contributed by atoms with Crippen LogP contribution in [0.1, 0.15) is 23.9 Å². The first-order valence-corrected chi connectivity index (χ1v) is 4.12. The van der Waals surface area contributed by atoms with Gasteiger partial charge in [-0.2, -0.15) is 0 Å². The Morgan fingerprint density at radius 1 is 1.50 bits per heavy atom. The van der Waals surface area contributed by atoms with Crippen molar-refractivity contribution in [1.82, 2.24) is 4.98 Å². The Morgan fingerprint density at radius 2 is 2.17 bits per heavy atom. The molecule has 0 saturated carbocycles. The zero-order valence-corrected chi connectivity index (χ0v) is 7.38. The van der Waals surface area contributed by atoms with Gasteiger partial charge in [0, 0.05) is 11.4 Å². The molecule has 0 aromatic carbocycles. The molecule has 60 valence electrons. The van der Waals surface area contributed by atoms with Crippen LogP contribution >= 0.6 is 0 Å². The van der Waals surface area contributed by atoms with Crippen molar-refractivity contribution in [2.75, 3.05) is 0 Å². The summed E-state index contributed by atoms with van der Waals surface area (Å²) in [5.41, 5.74) is 3.11. The summed E-state index contributed by atoms with van der Waals surface area (Å²) >= 11 is 0. The third kappa shape index (κ3) is 1.97. The van der Waals surface area contributed by atoms with Crippen molar-refractivity contribution < 1.29 is 0 Å². The van der Waals surface area contributed by atoms with E-state index in [1.807, 2.05) is 18.2 Å². The SMILES string of the molecule is [B]Cc1cc(C=C)cc(CC)n1. The van der Waals surface area contributed by atoms with E-state index in [1.165, 1.54) is 0 Å². The molecule has 12 heavy (non-hydrogen) atoms. The zero-order valence-electron chi connectivity index (χ0n) is 7.38. The maximum absolute atomic E-state index is 5.50. The highest BCUT2D eigenvalue weighted by molar-refractivity contribution is 6.08. The molecule has 2 heteroatoms. The lowest BCUT2D eigenvalue weighted by Gasteiger charge is -2.02. The van der Waals surface area contributed by atoms with Gasteiger partial charge in [0.2, 0.25) is 0 Å². The van der Waals surface area contributed by atoms with Crippen molar-refractivity contribution in [3.8, 4) is 0 Å². The standard InChI is InChI=1S/C10H12BN/c1-3-8-5-9(4-2)12-10(6-8)7-11/h3,5-6H,1,4,7H2,2H3. The number of hydrogen-bond acceptors (Lipinski definition) is 1. The minimum absolute atomic E-state index is 0.495. The van der Waals surface area contributed by atoms with Crippen molar-refractivity contribution in [2.45, 2.75) is 19.7 Å². The number of aromatic nitrogens is 1. The second kappa shape index (κ2) is 4.10. The highest BCUT2D eigenvalue weighted by atomic mass is 14.7. The Kier molecular flexibility index (Phi) is 3.09. The molecule has 1 heterocycles. The van der Waals surface area contributed by atoms with Gasteiger partial charge in [-0.05, 0) is 30.4 Å². The normalized spacial score (nSPS) is 9.75. The fourth-order valence-corrected chi connectivity index (χ4v) is 1.08. The number of nitrogens with zero attached hydrogens (tertiary/aromatic N) is 1. The zero-order chi connectivity index (χ0) is 8.97. The first-order chi connectivity index (χ1) is 5.80. The van der Waals surface area contributed by atoms with Gasteiger partial charge in [0.05, 0.1) is 7.85 Å². The van der Waals surface area contributed by atoms with E-state index >= 15 is 0 Å². The fraction of sp³-hybridized carbons (Fsp3) is 0.300. The number of aryl methyl sites for hydroxylation is 1. The molecular formula is C10H12BN. The Bertz CT molecular complexity index is 259. The van der Waals surface area contributed by atoms with Gasteiger partial charge in [-0.15, -0.1) is 0 Å². The van der Waals surface area contributed by atoms with Gasteiger partial charge >= 0.3 is 0 Å². The predicted molar refractivity (Wildman–Crippen MR) is 53.2 cm³/mol. The van der Waals surface area contributed by atoms with Crippen LogP contribution in [0.15, 0.2) is 18.7 Å². The summed E-state index contributed by atoms with van der Waals surface area (Å²) in [6.45, 7) is 5.79. The minimum Gasteiger partial charge on any atom is -0.259 e. The van der Waals surface area contributed by atoms with Crippen LogP contribution in [0, 0.1) is 0 Å². The van der Waals surface area contributed by atoms with Gasteiger partial charge in [-0.1, -0.05) is 19.6 Å². The van der Waals surface area contributed by atoms with E-state index in [-0.39, 0.29) is 0 Å². The Morgan fingerprint density at radius 3 is 2.67 bits per heavy atom. The molecule has 0 saturated heterocycles. The van der Waals surface area contributed by atoms with E-state index in [9.17, 15) is 0 Å². The van der Waals surface area contributed by atoms with E-state index in [0.717, 1.165) is 23.4 Å². The van der Waals surface area contributed by atoms with Crippen molar-refractivity contribution in [1.29, 1.82) is 0 Å². The average Bonchev–Trinajstić information content (AvgIpc) is 2.16. The quantitative estimate of drug-likeness (QED) is 0.611. The number of pyridine rings is 1. The van der Waals surface area contributed by atoms with Crippen LogP contribution in [-0.2, 0) is 12.7 Å². The van der Waals surface area contributed by atoms with Gasteiger partial charge in [-0.25, -0.2) is 0 Å². The molecule has 0 aliphatic carbocycles. The summed E-state index contributed by atoms with van der Waals surface area (Å²) in [6.07, 6.45) is 3.25. The van der Waals surface area contributed by atoms with Crippen molar-refractivity contribution in [3.63, 3.8) is 0 Å². The van der Waals surface area contributed by atoms with Crippen LogP contribution in [0.4, 0.5) is 0 Å². The summed E-state index contributed by atoms with van der Waals surface area (Å²) in [4.78, 5) is 4.35. The van der Waals surface area contributed by atoms with Gasteiger partial charge in [0.1, 0.15) is 0 Å². The molecule has 1 aromatic rings. The highest BCUT2D eigenvalue weighted by Gasteiger charge is 1.96. The number of rotatable bonds is 3. The van der Waals surface area contributed by atoms with Gasteiger partial charge in [0.15, 0.2) is 0 Å². The summed E-state index contributed by atoms with van der Waals surface area (Å²) < 4.78 is 0. The molecule has 0 atom stereocenters. The molecule has 0 bridgehead atoms. The molecule has 0 aliphatic rings. The monoisotopic (exact) mass is 157 g/mol. The van der Waals surface area contributed by atoms with Crippen LogP contribution in [-0.4, -0.2) is 12.8 Å². The third-order valence-corrected chi connectivity index (χ3v) is 1.76. The lowest BCUT2D eigenvalue weighted by Crippen LogP contribution is -1.95. The van der Waals surface area contributed by atoms with E-state index in [0.29, 0.717) is 6.32 Å². The van der Waals surface area contributed by atoms with E-state index < -0.39 is 0 Å². The molecule has 0 fully saturated rings. The molecule has 0 spiro atoms. The van der Waals surface area contributed by atoms with Crippen LogP contribution in [0.2, 0.25) is 0 Å². The minimum atomic E-state index is 0.495. The molecule has 0 amide bonds. The van der Waals surface area contributed by atoms with Crippen molar-refractivity contribution in [3.05, 3.63) is 35.7 Å². The smallest absolute Gasteiger partial charge is 0.0738 e. The van der Waals surface area contributed by atoms with Crippen molar-refractivity contribution >= 4 is 13.9 Å². The molecule has 1 aromatic heterocycles. The van der Waals surface area contributed by atoms with Gasteiger partial charge in [-0.3, -0.25) is 4.98 Å². The Labute approximate surface area is 74.9 Å². The number of hydrogen-bond donors (Lipinski definition) is 0. The topological polar surface area (TPSA) is 12.9 Å². The lowest BCUT2D eigenvalue weighted by atomic mass is 9.99. The summed E-state index contributed by atoms with van der Waals surface area (Å²) in [5, 5.41) is 0. The van der Waals surface area contributed by atoms with E-state index in [1.54, 1.807) is 0 Å². The molecule has 2 radical (unpaired) electrons. The van der Waals surface area contributed by atoms with Gasteiger partial charge in [0.25, 0.3) is 0 Å². The maximum atomic E-state index is 5.50. The van der Waals surface area contributed by atoms with Crippen LogP contribution in [0.3, 0.4) is 0 Å². The first-order valence-electron chi connectivity index (χ1n) is 4.12. The Hall–Kier alpha value is -1.05. The average molecular weight is 157 g/mol. The summed E-state index contributed by atoms with van der Waals surface area (Å²) in [7, 11) is 5.50. The van der Waals surface area contributed by atoms with Crippen LogP contribution in [0.25, 0.3) is 6.08 Å². The molecule has 0 N–H and O–H groups in total. The second-order valence-corrected chi connectivity index (χ2v) is 2.64. The maximum Gasteiger partial charge on any atom is 0.0738 e. The van der Waals surface area contributed by atoms with Crippen molar-refractivity contribution in [2.24, 2.45) is 0 Å². The highest BCUT2D eigenvalue weighted by Crippen LogP contribution is 2.07. The van der Waals surface area contributed by atoms with E-state index in [2.05, 4.69) is 18.5 Å². The fourth-order valence-electron chi connectivity index (χ4n) is 1.08. The molecule has 0 aliphatic heterocycles. The summed E-state index contributed by atoms with van der Waals surface area (Å²) in [5.74, 6) is 0. The van der Waals surface area contributed by atoms with Crippen LogP contribution < -0.4 is 0 Å². The Balaban J connectivity index is 3.09. The summed E-state index contributed by atoms with van der Waals surface area (Å²) in [6, 6.07) is 4.00. The molecule has 1 nitrogen and oxygen atoms in total. The lowest BCUT2D eigenvalue weighted by molar-refractivity contribution is 0.996. The molecule has 0 unspecified atom stereocenters. The predicted octanol–water partition coefficient (Wildman–Crippen LogP) is 1.96. The van der Waals surface area contributed by atoms with Crippen LogP contribution in [0.5, 0.6) is 0 Å². The van der Waals surface area contributed by atoms with Gasteiger partial charge < -0.3 is 0 Å². The second-order valence-electron chi connectivity index (χ2n) is 2.64.